The molecule has 20 heavy (non-hydrogen) atoms. The second kappa shape index (κ2) is 5.47. The van der Waals surface area contributed by atoms with E-state index in [-0.39, 0.29) is 0 Å². The topological polar surface area (TPSA) is 40.5 Å². The Morgan fingerprint density at radius 2 is 1.70 bits per heavy atom. The highest BCUT2D eigenvalue weighted by atomic mass is 16.4. The fourth-order valence-corrected chi connectivity index (χ4v) is 2.80. The third-order valence-corrected chi connectivity index (χ3v) is 3.86. The van der Waals surface area contributed by atoms with Crippen molar-refractivity contribution in [2.24, 2.45) is 0 Å². The van der Waals surface area contributed by atoms with Crippen LogP contribution in [0.25, 0.3) is 0 Å². The molecular formula is C17H17NO2. The monoisotopic (exact) mass is 267 g/mol. The van der Waals surface area contributed by atoms with E-state index in [0.29, 0.717) is 19.5 Å². The fraction of sp³-hybridized carbons (Fsp3) is 0.235. The van der Waals surface area contributed by atoms with Crippen LogP contribution in [0.1, 0.15) is 16.7 Å². The SMILES string of the molecule is O=C(O)C1Cc2ccccc2CN1Cc1ccccc1. The van der Waals surface area contributed by atoms with Crippen LogP contribution in [0, 0.1) is 0 Å². The first-order valence-corrected chi connectivity index (χ1v) is 6.81. The minimum Gasteiger partial charge on any atom is -0.480 e. The zero-order valence-electron chi connectivity index (χ0n) is 11.2. The molecule has 0 saturated carbocycles. The molecule has 0 aromatic heterocycles. The van der Waals surface area contributed by atoms with Gasteiger partial charge in [0.05, 0.1) is 0 Å². The quantitative estimate of drug-likeness (QED) is 0.929. The van der Waals surface area contributed by atoms with Crippen molar-refractivity contribution in [2.75, 3.05) is 0 Å². The molecule has 2 aromatic carbocycles. The number of hydrogen-bond acceptors (Lipinski definition) is 2. The van der Waals surface area contributed by atoms with Crippen molar-refractivity contribution in [3.8, 4) is 0 Å². The van der Waals surface area contributed by atoms with Crippen LogP contribution in [0.5, 0.6) is 0 Å². The summed E-state index contributed by atoms with van der Waals surface area (Å²) in [7, 11) is 0. The molecule has 0 radical (unpaired) electrons. The lowest BCUT2D eigenvalue weighted by atomic mass is 9.93. The van der Waals surface area contributed by atoms with Crippen LogP contribution >= 0.6 is 0 Å². The summed E-state index contributed by atoms with van der Waals surface area (Å²) in [5, 5.41) is 9.47. The summed E-state index contributed by atoms with van der Waals surface area (Å²) in [6, 6.07) is 17.7. The number of fused-ring (bicyclic) bond motifs is 1. The lowest BCUT2D eigenvalue weighted by Gasteiger charge is -2.34. The molecule has 102 valence electrons. The van der Waals surface area contributed by atoms with Crippen LogP contribution in [0.2, 0.25) is 0 Å². The molecule has 0 amide bonds. The van der Waals surface area contributed by atoms with E-state index in [1.807, 2.05) is 53.4 Å². The van der Waals surface area contributed by atoms with Crippen LogP contribution in [-0.2, 0) is 24.3 Å². The van der Waals surface area contributed by atoms with Crippen molar-refractivity contribution in [3.05, 3.63) is 71.3 Å². The Labute approximate surface area is 118 Å². The van der Waals surface area contributed by atoms with Gasteiger partial charge in [-0.2, -0.15) is 0 Å². The molecule has 1 aliphatic heterocycles. The van der Waals surface area contributed by atoms with Crippen molar-refractivity contribution >= 4 is 5.97 Å². The van der Waals surface area contributed by atoms with Crippen molar-refractivity contribution in [1.29, 1.82) is 0 Å². The second-order valence-corrected chi connectivity index (χ2v) is 5.22. The predicted molar refractivity (Wildman–Crippen MR) is 77.3 cm³/mol. The maximum absolute atomic E-state index is 11.5. The van der Waals surface area contributed by atoms with E-state index in [9.17, 15) is 9.90 Å². The fourth-order valence-electron chi connectivity index (χ4n) is 2.80. The molecule has 0 aliphatic carbocycles. The van der Waals surface area contributed by atoms with Gasteiger partial charge in [-0.05, 0) is 23.1 Å². The molecule has 2 aromatic rings. The van der Waals surface area contributed by atoms with Crippen molar-refractivity contribution < 1.29 is 9.90 Å². The molecule has 0 fully saturated rings. The minimum absolute atomic E-state index is 0.440. The van der Waals surface area contributed by atoms with Gasteiger partial charge in [-0.15, -0.1) is 0 Å². The molecule has 1 unspecified atom stereocenters. The predicted octanol–water partition coefficient (Wildman–Crippen LogP) is 2.70. The summed E-state index contributed by atoms with van der Waals surface area (Å²) in [6.07, 6.45) is 0.582. The first kappa shape index (κ1) is 12.9. The first-order valence-electron chi connectivity index (χ1n) is 6.81. The standard InChI is InChI=1S/C17H17NO2/c19-17(20)16-10-14-8-4-5-9-15(14)12-18(16)11-13-6-2-1-3-7-13/h1-9,16H,10-12H2,(H,19,20). The Kier molecular flexibility index (Phi) is 3.52. The molecule has 1 heterocycles. The number of aliphatic carboxylic acids is 1. The van der Waals surface area contributed by atoms with Crippen LogP contribution in [0.4, 0.5) is 0 Å². The highest BCUT2D eigenvalue weighted by Crippen LogP contribution is 2.25. The lowest BCUT2D eigenvalue weighted by Crippen LogP contribution is -2.44. The Balaban J connectivity index is 1.87. The van der Waals surface area contributed by atoms with E-state index in [0.717, 1.165) is 11.1 Å². The second-order valence-electron chi connectivity index (χ2n) is 5.22. The van der Waals surface area contributed by atoms with Gasteiger partial charge in [0, 0.05) is 13.1 Å². The molecular weight excluding hydrogens is 250 g/mol. The lowest BCUT2D eigenvalue weighted by molar-refractivity contribution is -0.144. The van der Waals surface area contributed by atoms with Crippen LogP contribution < -0.4 is 0 Å². The molecule has 0 saturated heterocycles. The van der Waals surface area contributed by atoms with E-state index >= 15 is 0 Å². The summed E-state index contributed by atoms with van der Waals surface area (Å²) in [6.45, 7) is 1.37. The average molecular weight is 267 g/mol. The molecule has 3 rings (SSSR count). The van der Waals surface area contributed by atoms with E-state index in [1.54, 1.807) is 0 Å². The van der Waals surface area contributed by atoms with Crippen LogP contribution in [-0.4, -0.2) is 22.0 Å². The number of nitrogens with zero attached hydrogens (tertiary/aromatic N) is 1. The summed E-state index contributed by atoms with van der Waals surface area (Å²) in [5.41, 5.74) is 3.54. The number of carbonyl (C=O) groups is 1. The van der Waals surface area contributed by atoms with Gasteiger partial charge < -0.3 is 5.11 Å². The van der Waals surface area contributed by atoms with Crippen molar-refractivity contribution in [1.82, 2.24) is 4.90 Å². The Morgan fingerprint density at radius 1 is 1.05 bits per heavy atom. The molecule has 0 spiro atoms. The Bertz CT molecular complexity index is 609. The van der Waals surface area contributed by atoms with Crippen molar-refractivity contribution in [2.45, 2.75) is 25.6 Å². The zero-order valence-corrected chi connectivity index (χ0v) is 11.2. The van der Waals surface area contributed by atoms with Gasteiger partial charge in [-0.3, -0.25) is 9.69 Å². The average Bonchev–Trinajstić information content (AvgIpc) is 2.47. The van der Waals surface area contributed by atoms with E-state index in [4.69, 9.17) is 0 Å². The summed E-state index contributed by atoms with van der Waals surface area (Å²) < 4.78 is 0. The number of carboxylic acid groups (broad SMARTS) is 1. The van der Waals surface area contributed by atoms with Crippen LogP contribution in [0.3, 0.4) is 0 Å². The minimum atomic E-state index is -0.740. The summed E-state index contributed by atoms with van der Waals surface area (Å²) >= 11 is 0. The smallest absolute Gasteiger partial charge is 0.321 e. The van der Waals surface area contributed by atoms with Gasteiger partial charge in [0.15, 0.2) is 0 Å². The number of rotatable bonds is 3. The number of benzene rings is 2. The normalized spacial score (nSPS) is 18.5. The van der Waals surface area contributed by atoms with Crippen LogP contribution in [0.15, 0.2) is 54.6 Å². The summed E-state index contributed by atoms with van der Waals surface area (Å²) in [5.74, 6) is -0.740. The third-order valence-electron chi connectivity index (χ3n) is 3.86. The van der Waals surface area contributed by atoms with Gasteiger partial charge in [0.25, 0.3) is 0 Å². The van der Waals surface area contributed by atoms with E-state index in [1.165, 1.54) is 5.56 Å². The molecule has 1 atom stereocenters. The van der Waals surface area contributed by atoms with Gasteiger partial charge in [-0.25, -0.2) is 0 Å². The van der Waals surface area contributed by atoms with Gasteiger partial charge >= 0.3 is 5.97 Å². The molecule has 3 nitrogen and oxygen atoms in total. The first-order chi connectivity index (χ1) is 9.74. The zero-order chi connectivity index (χ0) is 13.9. The van der Waals surface area contributed by atoms with E-state index in [2.05, 4.69) is 6.07 Å². The van der Waals surface area contributed by atoms with E-state index < -0.39 is 12.0 Å². The highest BCUT2D eigenvalue weighted by Gasteiger charge is 2.30. The van der Waals surface area contributed by atoms with Gasteiger partial charge in [-0.1, -0.05) is 54.6 Å². The molecule has 1 N–H and O–H groups in total. The molecule has 3 heteroatoms. The largest absolute Gasteiger partial charge is 0.480 e. The maximum Gasteiger partial charge on any atom is 0.321 e. The highest BCUT2D eigenvalue weighted by molar-refractivity contribution is 5.74. The van der Waals surface area contributed by atoms with Gasteiger partial charge in [0.1, 0.15) is 6.04 Å². The number of carboxylic acids is 1. The molecule has 1 aliphatic rings. The summed E-state index contributed by atoms with van der Waals surface area (Å²) in [4.78, 5) is 13.6. The number of hydrogen-bond donors (Lipinski definition) is 1. The van der Waals surface area contributed by atoms with Gasteiger partial charge in [0.2, 0.25) is 0 Å². The Hall–Kier alpha value is -2.13. The third kappa shape index (κ3) is 2.58. The maximum atomic E-state index is 11.5. The molecule has 0 bridgehead atoms. The van der Waals surface area contributed by atoms with Crippen molar-refractivity contribution in [3.63, 3.8) is 0 Å². The Morgan fingerprint density at radius 3 is 2.40 bits per heavy atom.